The molecule has 0 fully saturated rings. The molecule has 24 heavy (non-hydrogen) atoms. The van der Waals surface area contributed by atoms with E-state index in [4.69, 9.17) is 0 Å². The Morgan fingerprint density at radius 2 is 1.54 bits per heavy atom. The first-order valence-corrected chi connectivity index (χ1v) is 8.34. The summed E-state index contributed by atoms with van der Waals surface area (Å²) in [6, 6.07) is 10.4. The van der Waals surface area contributed by atoms with Crippen molar-refractivity contribution in [2.45, 2.75) is 20.8 Å². The van der Waals surface area contributed by atoms with Gasteiger partial charge < -0.3 is 0 Å². The largest absolute Gasteiger partial charge is 0.289 e. The van der Waals surface area contributed by atoms with E-state index in [0.717, 1.165) is 16.7 Å². The summed E-state index contributed by atoms with van der Waals surface area (Å²) in [5.41, 5.74) is 6.35. The van der Waals surface area contributed by atoms with E-state index in [-0.39, 0.29) is 11.7 Å². The Morgan fingerprint density at radius 1 is 0.958 bits per heavy atom. The van der Waals surface area contributed by atoms with E-state index in [9.17, 15) is 4.79 Å². The predicted octanol–water partition coefficient (Wildman–Crippen LogP) is 5.60. The van der Waals surface area contributed by atoms with Crippen molar-refractivity contribution in [2.75, 3.05) is 0 Å². The molecular formula is C23H22O. The number of rotatable bonds is 3. The quantitative estimate of drug-likeness (QED) is 0.709. The molecular weight excluding hydrogens is 292 g/mol. The number of carbonyl (C=O) groups is 1. The molecule has 0 saturated heterocycles. The maximum atomic E-state index is 12.1. The Kier molecular flexibility index (Phi) is 4.61. The highest BCUT2D eigenvalue weighted by Gasteiger charge is 2.21. The second-order valence-corrected chi connectivity index (χ2v) is 6.22. The Balaban J connectivity index is 2.24. The molecule has 0 heterocycles. The fourth-order valence-corrected chi connectivity index (χ4v) is 3.34. The Hall–Kier alpha value is -2.67. The van der Waals surface area contributed by atoms with Crippen LogP contribution in [0.1, 0.15) is 26.3 Å². The van der Waals surface area contributed by atoms with E-state index < -0.39 is 0 Å². The molecule has 0 saturated carbocycles. The van der Waals surface area contributed by atoms with Crippen LogP contribution >= 0.6 is 0 Å². The number of hydrogen-bond acceptors (Lipinski definition) is 1. The van der Waals surface area contributed by atoms with Gasteiger partial charge in [0.05, 0.1) is 0 Å². The van der Waals surface area contributed by atoms with Crippen molar-refractivity contribution in [3.63, 3.8) is 0 Å². The molecule has 0 spiro atoms. The zero-order valence-corrected chi connectivity index (χ0v) is 14.4. The van der Waals surface area contributed by atoms with Gasteiger partial charge in [-0.05, 0) is 66.4 Å². The molecule has 0 unspecified atom stereocenters. The summed E-state index contributed by atoms with van der Waals surface area (Å²) in [7, 11) is 0. The molecule has 0 aliphatic heterocycles. The number of hydrogen-bond donors (Lipinski definition) is 0. The van der Waals surface area contributed by atoms with Crippen LogP contribution in [0.15, 0.2) is 95.2 Å². The number of allylic oxidation sites excluding steroid dienone is 12. The molecule has 1 nitrogen and oxygen atoms in total. The molecule has 1 aromatic rings. The second kappa shape index (κ2) is 6.84. The smallest absolute Gasteiger partial charge is 0.184 e. The van der Waals surface area contributed by atoms with Crippen molar-refractivity contribution in [3.8, 4) is 0 Å². The Bertz CT molecular complexity index is 803. The van der Waals surface area contributed by atoms with Gasteiger partial charge in [0.2, 0.25) is 0 Å². The summed E-state index contributed by atoms with van der Waals surface area (Å²) >= 11 is 0. The highest BCUT2D eigenvalue weighted by atomic mass is 16.1. The third-order valence-electron chi connectivity index (χ3n) is 4.52. The average molecular weight is 314 g/mol. The van der Waals surface area contributed by atoms with Gasteiger partial charge in [-0.3, -0.25) is 4.79 Å². The average Bonchev–Trinajstić information content (AvgIpc) is 3.12. The van der Waals surface area contributed by atoms with E-state index in [1.807, 2.05) is 32.1 Å². The topological polar surface area (TPSA) is 17.1 Å². The normalized spacial score (nSPS) is 18.0. The zero-order valence-electron chi connectivity index (χ0n) is 14.4. The van der Waals surface area contributed by atoms with Crippen molar-refractivity contribution in [2.24, 2.45) is 5.92 Å². The van der Waals surface area contributed by atoms with E-state index >= 15 is 0 Å². The van der Waals surface area contributed by atoms with Crippen LogP contribution in [0, 0.1) is 5.92 Å². The number of ketones is 1. The standard InChI is InChI=1S/C23H22O/c1-4-21(18-10-8-9-11-18)22(19-12-6-5-7-13-19)20-14-16(2)23(24)17(3)15-20/h4-15,18H,1-3H3/b21-4+. The maximum absolute atomic E-state index is 12.1. The lowest BCUT2D eigenvalue weighted by atomic mass is 9.82. The van der Waals surface area contributed by atoms with Crippen LogP contribution in [-0.4, -0.2) is 5.78 Å². The van der Waals surface area contributed by atoms with Crippen LogP contribution in [-0.2, 0) is 4.79 Å². The van der Waals surface area contributed by atoms with Crippen LogP contribution in [0.5, 0.6) is 0 Å². The van der Waals surface area contributed by atoms with Crippen LogP contribution in [0.2, 0.25) is 0 Å². The number of benzene rings is 1. The van der Waals surface area contributed by atoms with Gasteiger partial charge in [0.25, 0.3) is 0 Å². The van der Waals surface area contributed by atoms with Crippen LogP contribution in [0.4, 0.5) is 0 Å². The molecule has 0 atom stereocenters. The van der Waals surface area contributed by atoms with Gasteiger partial charge in [0.15, 0.2) is 5.78 Å². The molecule has 2 aliphatic carbocycles. The molecule has 0 bridgehead atoms. The summed E-state index contributed by atoms with van der Waals surface area (Å²) in [5, 5.41) is 0. The number of Topliss-reactive ketones (excluding diaryl/α,β-unsaturated/α-hetero) is 1. The van der Waals surface area contributed by atoms with Gasteiger partial charge in [0, 0.05) is 5.92 Å². The molecule has 120 valence electrons. The summed E-state index contributed by atoms with van der Waals surface area (Å²) in [6.07, 6.45) is 14.8. The van der Waals surface area contributed by atoms with Gasteiger partial charge in [-0.2, -0.15) is 0 Å². The van der Waals surface area contributed by atoms with Crippen LogP contribution < -0.4 is 0 Å². The van der Waals surface area contributed by atoms with Crippen molar-refractivity contribution < 1.29 is 4.79 Å². The molecule has 1 heteroatoms. The van der Waals surface area contributed by atoms with E-state index in [2.05, 4.69) is 61.6 Å². The van der Waals surface area contributed by atoms with E-state index in [0.29, 0.717) is 0 Å². The van der Waals surface area contributed by atoms with Crippen molar-refractivity contribution in [1.29, 1.82) is 0 Å². The predicted molar refractivity (Wildman–Crippen MR) is 101 cm³/mol. The third-order valence-corrected chi connectivity index (χ3v) is 4.52. The molecule has 0 N–H and O–H groups in total. The van der Waals surface area contributed by atoms with Gasteiger partial charge >= 0.3 is 0 Å². The summed E-state index contributed by atoms with van der Waals surface area (Å²) in [6.45, 7) is 5.87. The van der Waals surface area contributed by atoms with E-state index in [1.165, 1.54) is 16.7 Å². The minimum Gasteiger partial charge on any atom is -0.289 e. The fourth-order valence-electron chi connectivity index (χ4n) is 3.34. The summed E-state index contributed by atoms with van der Waals surface area (Å²) in [4.78, 5) is 12.1. The first kappa shape index (κ1) is 16.2. The SMILES string of the molecule is C/C=C(/C(=C1C=C(C)C(=O)C(C)=C1)c1ccccc1)C1C=CC=C1. The first-order chi connectivity index (χ1) is 11.6. The summed E-state index contributed by atoms with van der Waals surface area (Å²) < 4.78 is 0. The maximum Gasteiger partial charge on any atom is 0.184 e. The molecule has 0 radical (unpaired) electrons. The minimum atomic E-state index is 0.133. The van der Waals surface area contributed by atoms with Crippen molar-refractivity contribution in [3.05, 3.63) is 101 Å². The zero-order chi connectivity index (χ0) is 17.1. The molecule has 0 aromatic heterocycles. The summed E-state index contributed by atoms with van der Waals surface area (Å²) in [5.74, 6) is 0.409. The van der Waals surface area contributed by atoms with Gasteiger partial charge in [-0.1, -0.05) is 60.7 Å². The third kappa shape index (κ3) is 3.03. The Labute approximate surface area is 144 Å². The van der Waals surface area contributed by atoms with E-state index in [1.54, 1.807) is 0 Å². The minimum absolute atomic E-state index is 0.133. The van der Waals surface area contributed by atoms with Gasteiger partial charge in [-0.25, -0.2) is 0 Å². The molecule has 1 aromatic carbocycles. The van der Waals surface area contributed by atoms with Crippen LogP contribution in [0.3, 0.4) is 0 Å². The lowest BCUT2D eigenvalue weighted by molar-refractivity contribution is -0.112. The molecule has 3 rings (SSSR count). The van der Waals surface area contributed by atoms with Crippen molar-refractivity contribution >= 4 is 11.4 Å². The highest BCUT2D eigenvalue weighted by Crippen LogP contribution is 2.37. The Morgan fingerprint density at radius 3 is 2.08 bits per heavy atom. The lowest BCUT2D eigenvalue weighted by Gasteiger charge is -2.21. The molecule has 0 amide bonds. The van der Waals surface area contributed by atoms with Gasteiger partial charge in [-0.15, -0.1) is 0 Å². The van der Waals surface area contributed by atoms with Crippen LogP contribution in [0.25, 0.3) is 5.57 Å². The first-order valence-electron chi connectivity index (χ1n) is 8.34. The lowest BCUT2D eigenvalue weighted by Crippen LogP contribution is -2.09. The second-order valence-electron chi connectivity index (χ2n) is 6.22. The molecule has 2 aliphatic rings. The fraction of sp³-hybridized carbons (Fsp3) is 0.174. The highest BCUT2D eigenvalue weighted by molar-refractivity contribution is 6.10. The van der Waals surface area contributed by atoms with Gasteiger partial charge in [0.1, 0.15) is 0 Å². The number of carbonyl (C=O) groups excluding carboxylic acids is 1. The van der Waals surface area contributed by atoms with Crippen molar-refractivity contribution in [1.82, 2.24) is 0 Å². The monoisotopic (exact) mass is 314 g/mol.